The average molecular weight is 157 g/mol. The average Bonchev–Trinajstić information content (AvgIpc) is 2.17. The van der Waals surface area contributed by atoms with E-state index in [1.54, 1.807) is 12.4 Å². The van der Waals surface area contributed by atoms with Crippen molar-refractivity contribution < 1.29 is 0 Å². The van der Waals surface area contributed by atoms with E-state index in [1.807, 2.05) is 6.07 Å². The van der Waals surface area contributed by atoms with Crippen molar-refractivity contribution in [1.82, 2.24) is 4.98 Å². The minimum atomic E-state index is 0.599. The van der Waals surface area contributed by atoms with Crippen LogP contribution in [0.15, 0.2) is 17.3 Å². The second-order valence-corrected chi connectivity index (χ2v) is 2.66. The molecule has 58 valence electrons. The molecule has 0 amide bonds. The summed E-state index contributed by atoms with van der Waals surface area (Å²) in [5.41, 5.74) is 2.63. The number of aromatic nitrogens is 1. The summed E-state index contributed by atoms with van der Waals surface area (Å²) < 4.78 is 0. The van der Waals surface area contributed by atoms with E-state index in [1.165, 1.54) is 0 Å². The monoisotopic (exact) mass is 157 g/mol. The van der Waals surface area contributed by atoms with Crippen LogP contribution < -0.4 is 0 Å². The van der Waals surface area contributed by atoms with E-state index in [4.69, 9.17) is 5.26 Å². The van der Waals surface area contributed by atoms with Gasteiger partial charge in [-0.3, -0.25) is 9.98 Å². The summed E-state index contributed by atoms with van der Waals surface area (Å²) in [4.78, 5) is 8.30. The normalized spacial score (nSPS) is 13.6. The van der Waals surface area contributed by atoms with E-state index in [9.17, 15) is 0 Å². The fourth-order valence-electron chi connectivity index (χ4n) is 1.23. The van der Waals surface area contributed by atoms with Gasteiger partial charge in [0, 0.05) is 30.9 Å². The van der Waals surface area contributed by atoms with Crippen LogP contribution in [-0.2, 0) is 6.42 Å². The molecule has 0 unspecified atom stereocenters. The Morgan fingerprint density at radius 1 is 1.50 bits per heavy atom. The number of aliphatic imine (C=N–C) groups is 1. The maximum atomic E-state index is 8.60. The largest absolute Gasteiger partial charge is 0.292 e. The summed E-state index contributed by atoms with van der Waals surface area (Å²) in [6, 6.07) is 3.88. The van der Waals surface area contributed by atoms with Gasteiger partial charge in [0.1, 0.15) is 6.07 Å². The number of pyridine rings is 1. The number of hydrogen-bond acceptors (Lipinski definition) is 3. The number of fused-ring (bicyclic) bond motifs is 1. The molecule has 0 aliphatic carbocycles. The fourth-order valence-corrected chi connectivity index (χ4v) is 1.23. The lowest BCUT2D eigenvalue weighted by Crippen LogP contribution is -2.05. The van der Waals surface area contributed by atoms with Crippen LogP contribution in [0.25, 0.3) is 0 Å². The van der Waals surface area contributed by atoms with Gasteiger partial charge in [0.15, 0.2) is 0 Å². The third-order valence-corrected chi connectivity index (χ3v) is 1.84. The summed E-state index contributed by atoms with van der Waals surface area (Å²) in [6.07, 6.45) is 4.28. The molecular formula is C9H7N3. The minimum Gasteiger partial charge on any atom is -0.292 e. The zero-order valence-corrected chi connectivity index (χ0v) is 6.49. The van der Waals surface area contributed by atoms with Gasteiger partial charge in [-0.15, -0.1) is 0 Å². The third kappa shape index (κ3) is 1.08. The van der Waals surface area contributed by atoms with Crippen molar-refractivity contribution in [3.05, 3.63) is 29.1 Å². The molecule has 0 saturated carbocycles. The first-order chi connectivity index (χ1) is 5.90. The topological polar surface area (TPSA) is 49.0 Å². The van der Waals surface area contributed by atoms with Gasteiger partial charge < -0.3 is 0 Å². The molecule has 12 heavy (non-hydrogen) atoms. The van der Waals surface area contributed by atoms with Crippen molar-refractivity contribution in [2.45, 2.75) is 6.42 Å². The van der Waals surface area contributed by atoms with Gasteiger partial charge in [0.2, 0.25) is 0 Å². The number of nitrogens with zero attached hydrogens (tertiary/aromatic N) is 3. The number of rotatable bonds is 0. The van der Waals surface area contributed by atoms with E-state index in [0.29, 0.717) is 5.56 Å². The van der Waals surface area contributed by atoms with Gasteiger partial charge in [-0.2, -0.15) is 5.26 Å². The summed E-state index contributed by atoms with van der Waals surface area (Å²) in [6.45, 7) is 0.811. The predicted octanol–water partition coefficient (Wildman–Crippen LogP) is 0.928. The van der Waals surface area contributed by atoms with Crippen LogP contribution in [0.4, 0.5) is 0 Å². The smallest absolute Gasteiger partial charge is 0.101 e. The molecule has 2 rings (SSSR count). The van der Waals surface area contributed by atoms with E-state index in [0.717, 1.165) is 24.2 Å². The van der Waals surface area contributed by atoms with Crippen LogP contribution in [0.5, 0.6) is 0 Å². The first kappa shape index (κ1) is 6.99. The molecule has 0 spiro atoms. The summed E-state index contributed by atoms with van der Waals surface area (Å²) in [5.74, 6) is 0. The second-order valence-electron chi connectivity index (χ2n) is 2.66. The van der Waals surface area contributed by atoms with E-state index < -0.39 is 0 Å². The molecule has 2 heterocycles. The highest BCUT2D eigenvalue weighted by Gasteiger charge is 2.06. The molecule has 0 atom stereocenters. The Labute approximate surface area is 70.4 Å². The highest BCUT2D eigenvalue weighted by Crippen LogP contribution is 2.10. The van der Waals surface area contributed by atoms with Gasteiger partial charge >= 0.3 is 0 Å². The lowest BCUT2D eigenvalue weighted by Gasteiger charge is -2.07. The highest BCUT2D eigenvalue weighted by atomic mass is 14.8. The highest BCUT2D eigenvalue weighted by molar-refractivity contribution is 5.82. The van der Waals surface area contributed by atoms with Crippen LogP contribution >= 0.6 is 0 Å². The van der Waals surface area contributed by atoms with E-state index >= 15 is 0 Å². The first-order valence-electron chi connectivity index (χ1n) is 3.79. The van der Waals surface area contributed by atoms with Crippen LogP contribution in [-0.4, -0.2) is 17.7 Å². The van der Waals surface area contributed by atoms with Crippen molar-refractivity contribution in [3.8, 4) is 6.07 Å². The quantitative estimate of drug-likeness (QED) is 0.562. The lowest BCUT2D eigenvalue weighted by atomic mass is 10.1. The lowest BCUT2D eigenvalue weighted by molar-refractivity contribution is 0.904. The first-order valence-corrected chi connectivity index (χ1v) is 3.79. The molecule has 3 heteroatoms. The number of nitriles is 1. The van der Waals surface area contributed by atoms with Crippen molar-refractivity contribution in [2.75, 3.05) is 6.54 Å². The Kier molecular flexibility index (Phi) is 1.60. The molecule has 3 nitrogen and oxygen atoms in total. The van der Waals surface area contributed by atoms with Crippen LogP contribution in [0.1, 0.15) is 16.8 Å². The maximum absolute atomic E-state index is 8.60. The molecular weight excluding hydrogens is 150 g/mol. The maximum Gasteiger partial charge on any atom is 0.101 e. The van der Waals surface area contributed by atoms with Crippen LogP contribution in [0, 0.1) is 11.3 Å². The summed E-state index contributed by atoms with van der Waals surface area (Å²) in [5, 5.41) is 8.60. The Morgan fingerprint density at radius 2 is 2.42 bits per heavy atom. The Bertz CT molecular complexity index is 374. The molecule has 1 aliphatic rings. The van der Waals surface area contributed by atoms with Crippen LogP contribution in [0.3, 0.4) is 0 Å². The zero-order valence-electron chi connectivity index (χ0n) is 6.49. The minimum absolute atomic E-state index is 0.599. The molecule has 0 saturated heterocycles. The molecule has 0 fully saturated rings. The SMILES string of the molecule is N#Cc1cnc2c(c1)C=NCC2. The van der Waals surface area contributed by atoms with Crippen molar-refractivity contribution in [1.29, 1.82) is 5.26 Å². The predicted molar refractivity (Wildman–Crippen MR) is 45.1 cm³/mol. The summed E-state index contributed by atoms with van der Waals surface area (Å²) in [7, 11) is 0. The molecule has 0 radical (unpaired) electrons. The molecule has 1 aromatic rings. The Morgan fingerprint density at radius 3 is 3.25 bits per heavy atom. The van der Waals surface area contributed by atoms with Gasteiger partial charge in [-0.1, -0.05) is 0 Å². The van der Waals surface area contributed by atoms with Crippen molar-refractivity contribution in [3.63, 3.8) is 0 Å². The van der Waals surface area contributed by atoms with Gasteiger partial charge in [0.25, 0.3) is 0 Å². The van der Waals surface area contributed by atoms with Crippen molar-refractivity contribution in [2.24, 2.45) is 4.99 Å². The number of hydrogen-bond donors (Lipinski definition) is 0. The van der Waals surface area contributed by atoms with Gasteiger partial charge in [-0.05, 0) is 6.07 Å². The van der Waals surface area contributed by atoms with E-state index in [-0.39, 0.29) is 0 Å². The van der Waals surface area contributed by atoms with E-state index in [2.05, 4.69) is 16.0 Å². The third-order valence-electron chi connectivity index (χ3n) is 1.84. The Balaban J connectivity index is 2.53. The van der Waals surface area contributed by atoms with Crippen molar-refractivity contribution >= 4 is 6.21 Å². The molecule has 0 bridgehead atoms. The van der Waals surface area contributed by atoms with Gasteiger partial charge in [-0.25, -0.2) is 0 Å². The fraction of sp³-hybridized carbons (Fsp3) is 0.222. The zero-order chi connectivity index (χ0) is 8.39. The van der Waals surface area contributed by atoms with Crippen LogP contribution in [0.2, 0.25) is 0 Å². The molecule has 1 aliphatic heterocycles. The standard InChI is InChI=1S/C9H7N3/c10-4-7-3-8-6-11-2-1-9(8)12-5-7/h3,5-6H,1-2H2. The molecule has 0 aromatic carbocycles. The molecule has 0 N–H and O–H groups in total. The van der Waals surface area contributed by atoms with Gasteiger partial charge in [0.05, 0.1) is 11.3 Å². The molecule has 1 aromatic heterocycles. The summed E-state index contributed by atoms with van der Waals surface area (Å²) >= 11 is 0. The Hall–Kier alpha value is -1.69. The second kappa shape index (κ2) is 2.74.